The second-order valence-electron chi connectivity index (χ2n) is 7.17. The van der Waals surface area contributed by atoms with Crippen LogP contribution < -0.4 is 10.0 Å². The monoisotopic (exact) mass is 545 g/mol. The lowest BCUT2D eigenvalue weighted by atomic mass is 10.1. The highest BCUT2D eigenvalue weighted by Gasteiger charge is 2.13. The van der Waals surface area contributed by atoms with Crippen molar-refractivity contribution in [1.82, 2.24) is 19.3 Å². The van der Waals surface area contributed by atoms with Crippen LogP contribution in [-0.4, -0.2) is 36.1 Å². The van der Waals surface area contributed by atoms with E-state index in [2.05, 4.69) is 36.1 Å². The van der Waals surface area contributed by atoms with Gasteiger partial charge in [-0.3, -0.25) is 0 Å². The van der Waals surface area contributed by atoms with Crippen LogP contribution in [0.3, 0.4) is 0 Å². The third-order valence-electron chi connectivity index (χ3n) is 4.78. The molecule has 0 bridgehead atoms. The number of halogens is 2. The number of hydrogen-bond donors (Lipinski definition) is 2. The zero-order valence-corrected chi connectivity index (χ0v) is 20.6. The Morgan fingerprint density at radius 2 is 1.82 bits per heavy atom. The summed E-state index contributed by atoms with van der Waals surface area (Å²) < 4.78 is 29.4. The van der Waals surface area contributed by atoms with Gasteiger partial charge in [0.25, 0.3) is 0 Å². The van der Waals surface area contributed by atoms with E-state index in [4.69, 9.17) is 11.6 Å². The van der Waals surface area contributed by atoms with E-state index >= 15 is 0 Å². The van der Waals surface area contributed by atoms with Crippen molar-refractivity contribution in [1.29, 1.82) is 0 Å². The van der Waals surface area contributed by atoms with Crippen LogP contribution in [0.4, 0.5) is 5.82 Å². The summed E-state index contributed by atoms with van der Waals surface area (Å²) in [5, 5.41) is 9.46. The van der Waals surface area contributed by atoms with Crippen molar-refractivity contribution < 1.29 is 8.42 Å². The van der Waals surface area contributed by atoms with Crippen molar-refractivity contribution in [2.75, 3.05) is 18.4 Å². The van der Waals surface area contributed by atoms with E-state index in [-0.39, 0.29) is 0 Å². The molecule has 0 atom stereocenters. The lowest BCUT2D eigenvalue weighted by Crippen LogP contribution is -2.24. The third kappa shape index (κ3) is 6.00. The quantitative estimate of drug-likeness (QED) is 0.282. The molecule has 10 heteroatoms. The molecule has 2 N–H and O–H groups in total. The molecule has 7 nitrogen and oxygen atoms in total. The summed E-state index contributed by atoms with van der Waals surface area (Å²) in [6.45, 7) is 0.826. The van der Waals surface area contributed by atoms with Crippen LogP contribution in [-0.2, 0) is 10.0 Å². The maximum Gasteiger partial charge on any atom is 0.233 e. The molecule has 0 aliphatic carbocycles. The van der Waals surface area contributed by atoms with Crippen molar-refractivity contribution in [2.24, 2.45) is 0 Å². The van der Waals surface area contributed by atoms with Gasteiger partial charge in [0.2, 0.25) is 10.0 Å². The maximum atomic E-state index is 12.2. The van der Waals surface area contributed by atoms with Crippen molar-refractivity contribution in [3.63, 3.8) is 0 Å². The van der Waals surface area contributed by atoms with Crippen LogP contribution in [0, 0.1) is 0 Å². The molecule has 0 aliphatic rings. The van der Waals surface area contributed by atoms with E-state index in [1.165, 1.54) is 5.41 Å². The van der Waals surface area contributed by atoms with Crippen molar-refractivity contribution in [3.05, 3.63) is 87.3 Å². The minimum absolute atomic E-state index is 0.295. The normalized spacial score (nSPS) is 11.9. The standard InChI is InChI=1S/C23H21BrClN5O2S/c24-19-16-27-30-22(15-21(29-23(19)30)18-9-4-5-10-20(18)25)26-12-6-13-28-33(31,32)14-11-17-7-2-1-3-8-17/h1-5,7-11,14-16,26,28H,6,12-13H2. The van der Waals surface area contributed by atoms with E-state index in [1.54, 1.807) is 16.8 Å². The zero-order valence-electron chi connectivity index (χ0n) is 17.4. The van der Waals surface area contributed by atoms with Crippen molar-refractivity contribution in [2.45, 2.75) is 6.42 Å². The number of fused-ring (bicyclic) bond motifs is 1. The van der Waals surface area contributed by atoms with E-state index < -0.39 is 10.0 Å². The predicted molar refractivity (Wildman–Crippen MR) is 137 cm³/mol. The lowest BCUT2D eigenvalue weighted by molar-refractivity contribution is 0.589. The molecule has 0 unspecified atom stereocenters. The fraction of sp³-hybridized carbons (Fsp3) is 0.130. The van der Waals surface area contributed by atoms with Gasteiger partial charge in [0, 0.05) is 35.2 Å². The molecule has 0 fully saturated rings. The summed E-state index contributed by atoms with van der Waals surface area (Å²) in [5.41, 5.74) is 3.01. The van der Waals surface area contributed by atoms with Gasteiger partial charge in [-0.2, -0.15) is 9.61 Å². The van der Waals surface area contributed by atoms with Crippen molar-refractivity contribution in [3.8, 4) is 11.3 Å². The van der Waals surface area contributed by atoms with Crippen molar-refractivity contribution >= 4 is 55.1 Å². The Bertz CT molecular complexity index is 1390. The Kier molecular flexibility index (Phi) is 7.44. The number of hydrogen-bond acceptors (Lipinski definition) is 5. The molecule has 0 amide bonds. The van der Waals surface area contributed by atoms with E-state index in [0.29, 0.717) is 35.9 Å². The van der Waals surface area contributed by atoms with Gasteiger partial charge in [0.05, 0.1) is 16.4 Å². The van der Waals surface area contributed by atoms with Crippen LogP contribution in [0.25, 0.3) is 23.0 Å². The first-order valence-electron chi connectivity index (χ1n) is 10.2. The molecule has 0 radical (unpaired) electrons. The van der Waals surface area contributed by atoms with Crippen LogP contribution >= 0.6 is 27.5 Å². The van der Waals surface area contributed by atoms with E-state index in [0.717, 1.165) is 21.4 Å². The molecular formula is C23H21BrClN5O2S. The Morgan fingerprint density at radius 1 is 1.06 bits per heavy atom. The highest BCUT2D eigenvalue weighted by Crippen LogP contribution is 2.30. The summed E-state index contributed by atoms with van der Waals surface area (Å²) in [5.74, 6) is 0.729. The summed E-state index contributed by atoms with van der Waals surface area (Å²) >= 11 is 9.85. The second-order valence-corrected chi connectivity index (χ2v) is 10.1. The topological polar surface area (TPSA) is 88.4 Å². The molecule has 4 aromatic rings. The van der Waals surface area contributed by atoms with E-state index in [9.17, 15) is 8.42 Å². The minimum atomic E-state index is -3.51. The molecule has 0 aliphatic heterocycles. The lowest BCUT2D eigenvalue weighted by Gasteiger charge is -2.12. The fourth-order valence-electron chi connectivity index (χ4n) is 3.17. The third-order valence-corrected chi connectivity index (χ3v) is 6.77. The average molecular weight is 547 g/mol. The first kappa shape index (κ1) is 23.4. The minimum Gasteiger partial charge on any atom is -0.370 e. The Labute approximate surface area is 205 Å². The van der Waals surface area contributed by atoms with Gasteiger partial charge in [-0.25, -0.2) is 18.1 Å². The molecule has 0 spiro atoms. The van der Waals surface area contributed by atoms with Gasteiger partial charge >= 0.3 is 0 Å². The first-order valence-corrected chi connectivity index (χ1v) is 12.9. The largest absolute Gasteiger partial charge is 0.370 e. The summed E-state index contributed by atoms with van der Waals surface area (Å²) in [6, 6.07) is 18.7. The smallest absolute Gasteiger partial charge is 0.233 e. The number of nitrogens with zero attached hydrogens (tertiary/aromatic N) is 3. The molecule has 2 heterocycles. The van der Waals surface area contributed by atoms with Crippen LogP contribution in [0.2, 0.25) is 5.02 Å². The van der Waals surface area contributed by atoms with Gasteiger partial charge in [-0.05, 0) is 40.1 Å². The van der Waals surface area contributed by atoms with Crippen LogP contribution in [0.5, 0.6) is 0 Å². The van der Waals surface area contributed by atoms with Gasteiger partial charge in [-0.1, -0.05) is 60.1 Å². The summed E-state index contributed by atoms with van der Waals surface area (Å²) in [7, 11) is -3.51. The van der Waals surface area contributed by atoms with Crippen LogP contribution in [0.15, 0.2) is 76.7 Å². The fourth-order valence-corrected chi connectivity index (χ4v) is 4.61. The van der Waals surface area contributed by atoms with Gasteiger partial charge in [0.15, 0.2) is 5.65 Å². The van der Waals surface area contributed by atoms with Gasteiger partial charge in [-0.15, -0.1) is 0 Å². The summed E-state index contributed by atoms with van der Waals surface area (Å²) in [6.07, 6.45) is 3.82. The maximum absolute atomic E-state index is 12.2. The highest BCUT2D eigenvalue weighted by molar-refractivity contribution is 9.10. The van der Waals surface area contributed by atoms with Gasteiger partial charge in [0.1, 0.15) is 5.82 Å². The second kappa shape index (κ2) is 10.5. The average Bonchev–Trinajstić information content (AvgIpc) is 3.19. The number of aromatic nitrogens is 3. The molecule has 2 aromatic heterocycles. The van der Waals surface area contributed by atoms with E-state index in [1.807, 2.05) is 60.7 Å². The number of nitrogens with one attached hydrogen (secondary N) is 2. The zero-order chi connectivity index (χ0) is 23.3. The highest BCUT2D eigenvalue weighted by atomic mass is 79.9. The first-order chi connectivity index (χ1) is 15.9. The molecule has 2 aromatic carbocycles. The molecule has 170 valence electrons. The Hall–Kier alpha value is -2.72. The molecule has 33 heavy (non-hydrogen) atoms. The summed E-state index contributed by atoms with van der Waals surface area (Å²) in [4.78, 5) is 4.68. The number of benzene rings is 2. The SMILES string of the molecule is O=S(=O)(C=Cc1ccccc1)NCCCNc1cc(-c2ccccc2Cl)nc2c(Br)cnn12. The number of sulfonamides is 1. The molecule has 0 saturated heterocycles. The Balaban J connectivity index is 1.40. The molecule has 4 rings (SSSR count). The predicted octanol–water partition coefficient (Wildman–Crippen LogP) is 5.20. The Morgan fingerprint density at radius 3 is 2.61 bits per heavy atom. The number of anilines is 1. The van der Waals surface area contributed by atoms with Crippen LogP contribution in [0.1, 0.15) is 12.0 Å². The number of rotatable bonds is 9. The molecule has 0 saturated carbocycles. The molecular weight excluding hydrogens is 526 g/mol. The van der Waals surface area contributed by atoms with Gasteiger partial charge < -0.3 is 5.32 Å².